The molecular formula is C14H10F3N7. The molecule has 24 heavy (non-hydrogen) atoms. The van der Waals surface area contributed by atoms with E-state index < -0.39 is 12.7 Å². The van der Waals surface area contributed by atoms with Crippen LogP contribution in [0.15, 0.2) is 30.6 Å². The fraction of sp³-hybridized carbons (Fsp3) is 0.143. The lowest BCUT2D eigenvalue weighted by Gasteiger charge is -2.11. The van der Waals surface area contributed by atoms with E-state index in [0.717, 1.165) is 0 Å². The van der Waals surface area contributed by atoms with E-state index >= 15 is 0 Å². The summed E-state index contributed by atoms with van der Waals surface area (Å²) >= 11 is 0. The predicted molar refractivity (Wildman–Crippen MR) is 80.7 cm³/mol. The van der Waals surface area contributed by atoms with Gasteiger partial charge in [-0.3, -0.25) is 0 Å². The Labute approximate surface area is 133 Å². The van der Waals surface area contributed by atoms with E-state index in [0.29, 0.717) is 11.3 Å². The van der Waals surface area contributed by atoms with Crippen molar-refractivity contribution in [1.29, 1.82) is 5.26 Å². The van der Waals surface area contributed by atoms with Gasteiger partial charge in [-0.2, -0.15) is 28.4 Å². The topological polar surface area (TPSA) is 102 Å². The maximum Gasteiger partial charge on any atom is 0.405 e. The quantitative estimate of drug-likeness (QED) is 0.678. The third kappa shape index (κ3) is 3.52. The van der Waals surface area contributed by atoms with E-state index in [1.54, 1.807) is 24.3 Å². The molecule has 0 aliphatic heterocycles. The molecule has 0 aliphatic rings. The van der Waals surface area contributed by atoms with Gasteiger partial charge < -0.3 is 15.6 Å². The van der Waals surface area contributed by atoms with Crippen LogP contribution in [-0.2, 0) is 0 Å². The number of rotatable bonds is 4. The monoisotopic (exact) mass is 333 g/mol. The number of aromatic nitrogens is 4. The van der Waals surface area contributed by atoms with Crippen LogP contribution in [0.4, 0.5) is 30.6 Å². The summed E-state index contributed by atoms with van der Waals surface area (Å²) in [6, 6.07) is 8.53. The van der Waals surface area contributed by atoms with Crippen molar-refractivity contribution in [3.63, 3.8) is 0 Å². The van der Waals surface area contributed by atoms with Crippen LogP contribution in [0.5, 0.6) is 0 Å². The number of imidazole rings is 1. The molecular weight excluding hydrogens is 323 g/mol. The fourth-order valence-corrected chi connectivity index (χ4v) is 2.00. The minimum absolute atomic E-state index is 0.0197. The summed E-state index contributed by atoms with van der Waals surface area (Å²) < 4.78 is 37.3. The standard InChI is InChI=1S/C14H10F3N7/c15-14(16,17)6-19-11-10-12(21-7-20-10)24-13(23-11)22-9-3-1-2-8(4-9)5-18/h1-4,7H,6H2,(H3,19,20,21,22,23,24). The van der Waals surface area contributed by atoms with Crippen molar-refractivity contribution in [3.8, 4) is 6.07 Å². The van der Waals surface area contributed by atoms with Gasteiger partial charge in [-0.15, -0.1) is 0 Å². The van der Waals surface area contributed by atoms with Crippen molar-refractivity contribution in [1.82, 2.24) is 19.9 Å². The summed E-state index contributed by atoms with van der Waals surface area (Å²) in [6.45, 7) is -1.23. The Morgan fingerprint density at radius 2 is 2.08 bits per heavy atom. The number of nitriles is 1. The summed E-state index contributed by atoms with van der Waals surface area (Å²) in [5.41, 5.74) is 1.45. The second kappa shape index (κ2) is 6.04. The van der Waals surface area contributed by atoms with Crippen LogP contribution in [0.2, 0.25) is 0 Å². The van der Waals surface area contributed by atoms with Crippen LogP contribution in [-0.4, -0.2) is 32.7 Å². The van der Waals surface area contributed by atoms with Gasteiger partial charge in [-0.05, 0) is 18.2 Å². The second-order valence-electron chi connectivity index (χ2n) is 4.78. The van der Waals surface area contributed by atoms with Gasteiger partial charge >= 0.3 is 6.18 Å². The van der Waals surface area contributed by atoms with Crippen molar-refractivity contribution >= 4 is 28.6 Å². The number of hydrogen-bond donors (Lipinski definition) is 3. The van der Waals surface area contributed by atoms with Gasteiger partial charge in [-0.25, -0.2) is 4.98 Å². The van der Waals surface area contributed by atoms with Crippen molar-refractivity contribution in [3.05, 3.63) is 36.2 Å². The van der Waals surface area contributed by atoms with Crippen molar-refractivity contribution in [2.45, 2.75) is 6.18 Å². The Bertz CT molecular complexity index is 911. The molecule has 3 N–H and O–H groups in total. The number of aromatic amines is 1. The van der Waals surface area contributed by atoms with E-state index in [1.165, 1.54) is 6.33 Å². The molecule has 3 aromatic rings. The summed E-state index contributed by atoms with van der Waals surface area (Å²) in [5, 5.41) is 14.0. The van der Waals surface area contributed by atoms with E-state index in [9.17, 15) is 13.2 Å². The maximum absolute atomic E-state index is 12.4. The van der Waals surface area contributed by atoms with Gasteiger partial charge in [0.2, 0.25) is 5.95 Å². The van der Waals surface area contributed by atoms with Gasteiger partial charge in [0.1, 0.15) is 12.1 Å². The summed E-state index contributed by atoms with van der Waals surface area (Å²) in [5.74, 6) is 0.0446. The van der Waals surface area contributed by atoms with Crippen LogP contribution >= 0.6 is 0 Å². The van der Waals surface area contributed by atoms with Crippen molar-refractivity contribution < 1.29 is 13.2 Å². The Kier molecular flexibility index (Phi) is 3.91. The first kappa shape index (κ1) is 15.5. The average molecular weight is 333 g/mol. The van der Waals surface area contributed by atoms with Crippen LogP contribution in [0.25, 0.3) is 11.2 Å². The Morgan fingerprint density at radius 1 is 1.25 bits per heavy atom. The van der Waals surface area contributed by atoms with Crippen molar-refractivity contribution in [2.24, 2.45) is 0 Å². The zero-order valence-electron chi connectivity index (χ0n) is 12.0. The van der Waals surface area contributed by atoms with E-state index in [1.807, 2.05) is 6.07 Å². The Hall–Kier alpha value is -3.35. The van der Waals surface area contributed by atoms with E-state index in [2.05, 4.69) is 30.6 Å². The highest BCUT2D eigenvalue weighted by molar-refractivity contribution is 5.84. The molecule has 0 spiro atoms. The number of benzene rings is 1. The zero-order valence-corrected chi connectivity index (χ0v) is 12.0. The number of anilines is 3. The number of halogens is 3. The molecule has 0 saturated heterocycles. The first-order valence-corrected chi connectivity index (χ1v) is 6.73. The summed E-state index contributed by atoms with van der Waals surface area (Å²) in [4.78, 5) is 14.8. The lowest BCUT2D eigenvalue weighted by atomic mass is 10.2. The maximum atomic E-state index is 12.4. The normalized spacial score (nSPS) is 11.2. The van der Waals surface area contributed by atoms with Gasteiger partial charge in [0.15, 0.2) is 11.5 Å². The molecule has 0 amide bonds. The molecule has 2 heterocycles. The highest BCUT2D eigenvalue weighted by Gasteiger charge is 2.27. The molecule has 0 fully saturated rings. The lowest BCUT2D eigenvalue weighted by Crippen LogP contribution is -2.22. The summed E-state index contributed by atoms with van der Waals surface area (Å²) in [7, 11) is 0. The SMILES string of the molecule is N#Cc1cccc(Nc2nc(NCC(F)(F)F)c3[nH]cnc3n2)c1. The van der Waals surface area contributed by atoms with Gasteiger partial charge in [-0.1, -0.05) is 6.07 Å². The van der Waals surface area contributed by atoms with Gasteiger partial charge in [0, 0.05) is 5.69 Å². The highest BCUT2D eigenvalue weighted by atomic mass is 19.4. The third-order valence-electron chi connectivity index (χ3n) is 2.99. The minimum atomic E-state index is -4.38. The zero-order chi connectivity index (χ0) is 17.2. The van der Waals surface area contributed by atoms with E-state index in [-0.39, 0.29) is 22.9 Å². The van der Waals surface area contributed by atoms with Crippen LogP contribution in [0, 0.1) is 11.3 Å². The first-order valence-electron chi connectivity index (χ1n) is 6.73. The molecule has 1 aromatic carbocycles. The highest BCUT2D eigenvalue weighted by Crippen LogP contribution is 2.23. The molecule has 10 heteroatoms. The Balaban J connectivity index is 1.92. The van der Waals surface area contributed by atoms with Gasteiger partial charge in [0.05, 0.1) is 18.0 Å². The number of hydrogen-bond acceptors (Lipinski definition) is 6. The van der Waals surface area contributed by atoms with Crippen LogP contribution < -0.4 is 10.6 Å². The predicted octanol–water partition coefficient (Wildman–Crippen LogP) is 2.94. The lowest BCUT2D eigenvalue weighted by molar-refractivity contribution is -0.115. The summed E-state index contributed by atoms with van der Waals surface area (Å²) in [6.07, 6.45) is -3.07. The van der Waals surface area contributed by atoms with Crippen molar-refractivity contribution in [2.75, 3.05) is 17.2 Å². The molecule has 0 bridgehead atoms. The number of H-pyrrole nitrogens is 1. The molecule has 0 saturated carbocycles. The number of nitrogens with one attached hydrogen (secondary N) is 3. The third-order valence-corrected chi connectivity index (χ3v) is 2.99. The largest absolute Gasteiger partial charge is 0.405 e. The Morgan fingerprint density at radius 3 is 2.83 bits per heavy atom. The second-order valence-corrected chi connectivity index (χ2v) is 4.78. The molecule has 3 rings (SSSR count). The number of alkyl halides is 3. The number of fused-ring (bicyclic) bond motifs is 1. The fourth-order valence-electron chi connectivity index (χ4n) is 2.00. The van der Waals surface area contributed by atoms with Gasteiger partial charge in [0.25, 0.3) is 0 Å². The first-order chi connectivity index (χ1) is 11.4. The smallest absolute Gasteiger partial charge is 0.359 e. The molecule has 122 valence electrons. The molecule has 0 atom stereocenters. The van der Waals surface area contributed by atoms with E-state index in [4.69, 9.17) is 5.26 Å². The minimum Gasteiger partial charge on any atom is -0.359 e. The molecule has 0 unspecified atom stereocenters. The average Bonchev–Trinajstić information content (AvgIpc) is 3.00. The van der Waals surface area contributed by atoms with Crippen LogP contribution in [0.1, 0.15) is 5.56 Å². The number of nitrogens with zero attached hydrogens (tertiary/aromatic N) is 4. The molecule has 7 nitrogen and oxygen atoms in total. The van der Waals surface area contributed by atoms with Crippen LogP contribution in [0.3, 0.4) is 0 Å². The molecule has 0 aliphatic carbocycles. The molecule has 0 radical (unpaired) electrons. The molecule has 2 aromatic heterocycles.